The Balaban J connectivity index is 3.31. The largest absolute Gasteiger partial charge is 0.468 e. The van der Waals surface area contributed by atoms with Gasteiger partial charge in [0.25, 0.3) is 0 Å². The van der Waals surface area contributed by atoms with E-state index in [1.54, 1.807) is 7.11 Å². The van der Waals surface area contributed by atoms with E-state index in [-0.39, 0.29) is 10.8 Å². The Bertz CT molecular complexity index is 132. The van der Waals surface area contributed by atoms with Gasteiger partial charge in [0.15, 0.2) is 0 Å². The summed E-state index contributed by atoms with van der Waals surface area (Å²) < 4.78 is 9.33. The van der Waals surface area contributed by atoms with Crippen molar-refractivity contribution < 1.29 is 14.3 Å². The van der Waals surface area contributed by atoms with Crippen LogP contribution in [0.15, 0.2) is 0 Å². The van der Waals surface area contributed by atoms with Crippen molar-refractivity contribution in [2.45, 2.75) is 4.83 Å². The van der Waals surface area contributed by atoms with Gasteiger partial charge in [-0.15, -0.1) is 0 Å². The van der Waals surface area contributed by atoms with Gasteiger partial charge < -0.3 is 14.8 Å². The molecule has 0 aromatic carbocycles. The number of esters is 1. The molecule has 0 radical (unpaired) electrons. The summed E-state index contributed by atoms with van der Waals surface area (Å²) >= 11 is 3.18. The standard InChI is InChI=1S/C7H14BrNO3/c1-11-4-3-9-5-6(8)7(10)12-2/h6,9H,3-5H2,1-2H3. The third-order valence-corrected chi connectivity index (χ3v) is 1.96. The molecular weight excluding hydrogens is 226 g/mol. The van der Waals surface area contributed by atoms with Crippen molar-refractivity contribution >= 4 is 21.9 Å². The van der Waals surface area contributed by atoms with E-state index in [0.717, 1.165) is 6.54 Å². The number of carbonyl (C=O) groups is 1. The second-order valence-electron chi connectivity index (χ2n) is 2.19. The minimum atomic E-state index is -0.278. The Morgan fingerprint density at radius 1 is 1.58 bits per heavy atom. The van der Waals surface area contributed by atoms with Crippen LogP contribution >= 0.6 is 15.9 Å². The molecule has 5 heteroatoms. The SMILES string of the molecule is COCCNCC(Br)C(=O)OC. The molecule has 0 bridgehead atoms. The highest BCUT2D eigenvalue weighted by atomic mass is 79.9. The van der Waals surface area contributed by atoms with Gasteiger partial charge in [0.1, 0.15) is 4.83 Å². The van der Waals surface area contributed by atoms with Crippen molar-refractivity contribution in [3.8, 4) is 0 Å². The summed E-state index contributed by atoms with van der Waals surface area (Å²) in [5.74, 6) is -0.264. The van der Waals surface area contributed by atoms with Gasteiger partial charge in [0.05, 0.1) is 13.7 Å². The molecule has 72 valence electrons. The zero-order valence-corrected chi connectivity index (χ0v) is 8.89. The molecule has 0 saturated heterocycles. The first-order valence-electron chi connectivity index (χ1n) is 3.64. The zero-order valence-electron chi connectivity index (χ0n) is 7.30. The lowest BCUT2D eigenvalue weighted by Crippen LogP contribution is -2.31. The Kier molecular flexibility index (Phi) is 7.43. The van der Waals surface area contributed by atoms with Crippen LogP contribution in [0.4, 0.5) is 0 Å². The Hall–Kier alpha value is -0.130. The van der Waals surface area contributed by atoms with E-state index in [1.807, 2.05) is 0 Å². The van der Waals surface area contributed by atoms with Crippen LogP contribution in [-0.4, -0.2) is 44.7 Å². The number of carbonyl (C=O) groups excluding carboxylic acids is 1. The lowest BCUT2D eigenvalue weighted by molar-refractivity contribution is -0.139. The van der Waals surface area contributed by atoms with E-state index >= 15 is 0 Å². The van der Waals surface area contributed by atoms with Gasteiger partial charge in [-0.25, -0.2) is 0 Å². The van der Waals surface area contributed by atoms with Crippen LogP contribution in [-0.2, 0) is 14.3 Å². The van der Waals surface area contributed by atoms with Gasteiger partial charge in [-0.3, -0.25) is 4.79 Å². The second kappa shape index (κ2) is 7.52. The molecule has 0 aliphatic carbocycles. The molecule has 0 aromatic heterocycles. The fraction of sp³-hybridized carbons (Fsp3) is 0.857. The number of alkyl halides is 1. The number of halogens is 1. The smallest absolute Gasteiger partial charge is 0.320 e. The monoisotopic (exact) mass is 239 g/mol. The van der Waals surface area contributed by atoms with Crippen LogP contribution < -0.4 is 5.32 Å². The Morgan fingerprint density at radius 3 is 2.75 bits per heavy atom. The molecule has 0 aromatic rings. The van der Waals surface area contributed by atoms with E-state index in [4.69, 9.17) is 4.74 Å². The van der Waals surface area contributed by atoms with Crippen molar-refractivity contribution in [2.24, 2.45) is 0 Å². The van der Waals surface area contributed by atoms with Crippen molar-refractivity contribution in [3.05, 3.63) is 0 Å². The molecule has 0 fully saturated rings. The Morgan fingerprint density at radius 2 is 2.25 bits per heavy atom. The predicted octanol–water partition coefficient (Wildman–Crippen LogP) is 0.159. The average Bonchev–Trinajstić information content (AvgIpc) is 2.10. The normalized spacial score (nSPS) is 12.6. The molecule has 1 N–H and O–H groups in total. The molecule has 0 saturated carbocycles. The zero-order chi connectivity index (χ0) is 9.40. The maximum Gasteiger partial charge on any atom is 0.320 e. The highest BCUT2D eigenvalue weighted by molar-refractivity contribution is 9.10. The van der Waals surface area contributed by atoms with Gasteiger partial charge >= 0.3 is 5.97 Å². The molecule has 0 aliphatic heterocycles. The number of hydrogen-bond acceptors (Lipinski definition) is 4. The van der Waals surface area contributed by atoms with Crippen molar-refractivity contribution in [3.63, 3.8) is 0 Å². The van der Waals surface area contributed by atoms with E-state index < -0.39 is 0 Å². The maximum absolute atomic E-state index is 10.8. The quantitative estimate of drug-likeness (QED) is 0.408. The van der Waals surface area contributed by atoms with Gasteiger partial charge in [0, 0.05) is 20.2 Å². The fourth-order valence-corrected chi connectivity index (χ4v) is 1.03. The summed E-state index contributed by atoms with van der Waals surface area (Å²) in [6, 6.07) is 0. The average molecular weight is 240 g/mol. The summed E-state index contributed by atoms with van der Waals surface area (Å²) in [7, 11) is 3.00. The van der Waals surface area contributed by atoms with E-state index in [2.05, 4.69) is 26.0 Å². The molecule has 1 unspecified atom stereocenters. The van der Waals surface area contributed by atoms with Crippen LogP contribution in [0.3, 0.4) is 0 Å². The summed E-state index contributed by atoms with van der Waals surface area (Å²) in [6.07, 6.45) is 0. The minimum Gasteiger partial charge on any atom is -0.468 e. The summed E-state index contributed by atoms with van der Waals surface area (Å²) in [4.78, 5) is 10.6. The number of ether oxygens (including phenoxy) is 2. The third-order valence-electron chi connectivity index (χ3n) is 1.26. The summed E-state index contributed by atoms with van der Waals surface area (Å²) in [5.41, 5.74) is 0. The number of hydrogen-bond donors (Lipinski definition) is 1. The highest BCUT2D eigenvalue weighted by Gasteiger charge is 2.13. The Labute approximate surface area is 80.7 Å². The molecule has 1 atom stereocenters. The van der Waals surface area contributed by atoms with Gasteiger partial charge in [0.2, 0.25) is 0 Å². The molecule has 0 heterocycles. The number of methoxy groups -OCH3 is 2. The topological polar surface area (TPSA) is 47.6 Å². The lowest BCUT2D eigenvalue weighted by atomic mass is 10.4. The van der Waals surface area contributed by atoms with E-state index in [1.165, 1.54) is 7.11 Å². The first kappa shape index (κ1) is 11.9. The molecular formula is C7H14BrNO3. The lowest BCUT2D eigenvalue weighted by Gasteiger charge is -2.08. The maximum atomic E-state index is 10.8. The van der Waals surface area contributed by atoms with Crippen molar-refractivity contribution in [1.82, 2.24) is 5.32 Å². The number of nitrogens with one attached hydrogen (secondary N) is 1. The molecule has 0 amide bonds. The third kappa shape index (κ3) is 5.51. The van der Waals surface area contributed by atoms with Crippen LogP contribution in [0, 0.1) is 0 Å². The van der Waals surface area contributed by atoms with Crippen molar-refractivity contribution in [2.75, 3.05) is 33.9 Å². The fourth-order valence-electron chi connectivity index (χ4n) is 0.614. The first-order chi connectivity index (χ1) is 5.72. The van der Waals surface area contributed by atoms with Crippen LogP contribution in [0.1, 0.15) is 0 Å². The van der Waals surface area contributed by atoms with Crippen molar-refractivity contribution in [1.29, 1.82) is 0 Å². The van der Waals surface area contributed by atoms with Crippen LogP contribution in [0.5, 0.6) is 0 Å². The molecule has 12 heavy (non-hydrogen) atoms. The summed E-state index contributed by atoms with van der Waals surface area (Å²) in [5, 5.41) is 3.03. The molecule has 4 nitrogen and oxygen atoms in total. The number of rotatable bonds is 6. The minimum absolute atomic E-state index is 0.264. The van der Waals surface area contributed by atoms with E-state index in [9.17, 15) is 4.79 Å². The second-order valence-corrected chi connectivity index (χ2v) is 3.29. The van der Waals surface area contributed by atoms with Crippen LogP contribution in [0.25, 0.3) is 0 Å². The first-order valence-corrected chi connectivity index (χ1v) is 4.55. The van der Waals surface area contributed by atoms with Gasteiger partial charge in [-0.2, -0.15) is 0 Å². The summed E-state index contributed by atoms with van der Waals surface area (Å²) in [6.45, 7) is 1.92. The molecule has 0 aliphatic rings. The molecule has 0 spiro atoms. The highest BCUT2D eigenvalue weighted by Crippen LogP contribution is 1.99. The van der Waals surface area contributed by atoms with Gasteiger partial charge in [-0.1, -0.05) is 15.9 Å². The molecule has 0 rings (SSSR count). The van der Waals surface area contributed by atoms with Gasteiger partial charge in [-0.05, 0) is 0 Å². The van der Waals surface area contributed by atoms with Crippen LogP contribution in [0.2, 0.25) is 0 Å². The van der Waals surface area contributed by atoms with E-state index in [0.29, 0.717) is 13.2 Å². The predicted molar refractivity (Wildman–Crippen MR) is 49.5 cm³/mol.